The summed E-state index contributed by atoms with van der Waals surface area (Å²) in [6, 6.07) is 6.50. The molecular weight excluding hydrogens is 428 g/mol. The number of fused-ring (bicyclic) bond motifs is 1. The number of rotatable bonds is 10. The minimum absolute atomic E-state index is 0.0221. The number of halogens is 2. The van der Waals surface area contributed by atoms with Gasteiger partial charge in [0.2, 0.25) is 0 Å². The van der Waals surface area contributed by atoms with E-state index < -0.39 is 5.92 Å². The third-order valence-electron chi connectivity index (χ3n) is 7.13. The van der Waals surface area contributed by atoms with Gasteiger partial charge in [-0.1, -0.05) is 25.3 Å². The van der Waals surface area contributed by atoms with Gasteiger partial charge in [0.25, 0.3) is 11.8 Å². The molecule has 0 aliphatic carbocycles. The smallest absolute Gasteiger partial charge is 0.254 e. The van der Waals surface area contributed by atoms with Gasteiger partial charge in [-0.25, -0.2) is 8.78 Å². The predicted molar refractivity (Wildman–Crippen MR) is 127 cm³/mol. The van der Waals surface area contributed by atoms with E-state index in [1.165, 1.54) is 36.1 Å². The van der Waals surface area contributed by atoms with Crippen LogP contribution >= 0.6 is 11.8 Å². The Morgan fingerprint density at radius 2 is 1.88 bits per heavy atom. The molecule has 1 aromatic rings. The number of alkyl halides is 2. The first-order valence-electron chi connectivity index (χ1n) is 12.4. The second kappa shape index (κ2) is 11.3. The van der Waals surface area contributed by atoms with Gasteiger partial charge in [0.15, 0.2) is 0 Å². The van der Waals surface area contributed by atoms with Crippen LogP contribution in [-0.2, 0) is 6.54 Å². The summed E-state index contributed by atoms with van der Waals surface area (Å²) in [5, 5.41) is 3.43. The van der Waals surface area contributed by atoms with Crippen LogP contribution in [0.4, 0.5) is 8.78 Å². The summed E-state index contributed by atoms with van der Waals surface area (Å²) in [5.41, 5.74) is 2.12. The van der Waals surface area contributed by atoms with Crippen molar-refractivity contribution in [1.29, 1.82) is 0 Å². The van der Waals surface area contributed by atoms with Crippen molar-refractivity contribution >= 4 is 17.7 Å². The Hall–Kier alpha value is -1.18. The van der Waals surface area contributed by atoms with Gasteiger partial charge < -0.3 is 15.1 Å². The van der Waals surface area contributed by atoms with E-state index in [0.717, 1.165) is 56.8 Å². The van der Waals surface area contributed by atoms with Gasteiger partial charge in [0.1, 0.15) is 0 Å². The molecule has 7 heteroatoms. The van der Waals surface area contributed by atoms with Crippen LogP contribution in [0.5, 0.6) is 0 Å². The quantitative estimate of drug-likeness (QED) is 0.382. The molecule has 1 atom stereocenters. The molecule has 1 aromatic carbocycles. The van der Waals surface area contributed by atoms with E-state index in [1.54, 1.807) is 0 Å². The van der Waals surface area contributed by atoms with Gasteiger partial charge in [-0.2, -0.15) is 0 Å². The predicted octanol–water partition coefficient (Wildman–Crippen LogP) is 5.17. The number of unbranched alkanes of at least 4 members (excludes halogenated alkanes) is 4. The Morgan fingerprint density at radius 3 is 2.66 bits per heavy atom. The molecule has 0 spiro atoms. The maximum Gasteiger partial charge on any atom is 0.254 e. The van der Waals surface area contributed by atoms with Gasteiger partial charge in [-0.15, -0.1) is 11.8 Å². The maximum absolute atomic E-state index is 13.2. The molecular formula is C25H37F2N3OS. The standard InChI is InChI=1S/C25H37F2N3OS/c26-25(27)11-15-29(16-12-25)14-4-2-1-3-5-17-32-23-10-6-9-21-22(23)19-30(24(21)31)20-8-7-13-28-18-20/h6,9-10,20,28H,1-5,7-8,11-19H2. The fraction of sp³-hybridized carbons (Fsp3) is 0.720. The molecule has 3 aliphatic heterocycles. The van der Waals surface area contributed by atoms with Crippen LogP contribution in [0.2, 0.25) is 0 Å². The molecule has 0 saturated carbocycles. The number of piperidine rings is 2. The summed E-state index contributed by atoms with van der Waals surface area (Å²) in [4.78, 5) is 18.5. The van der Waals surface area contributed by atoms with E-state index in [4.69, 9.17) is 0 Å². The van der Waals surface area contributed by atoms with Crippen molar-refractivity contribution < 1.29 is 13.6 Å². The van der Waals surface area contributed by atoms with Gasteiger partial charge >= 0.3 is 0 Å². The highest BCUT2D eigenvalue weighted by atomic mass is 32.2. The summed E-state index contributed by atoms with van der Waals surface area (Å²) in [7, 11) is 0. The summed E-state index contributed by atoms with van der Waals surface area (Å²) in [6.45, 7) is 4.77. The summed E-state index contributed by atoms with van der Waals surface area (Å²) in [6.07, 6.45) is 8.16. The Balaban J connectivity index is 1.12. The number of likely N-dealkylation sites (tertiary alicyclic amines) is 1. The van der Waals surface area contributed by atoms with Crippen LogP contribution < -0.4 is 5.32 Å². The zero-order valence-corrected chi connectivity index (χ0v) is 19.9. The molecule has 2 saturated heterocycles. The topological polar surface area (TPSA) is 35.6 Å². The Bertz CT molecular complexity index is 760. The fourth-order valence-corrected chi connectivity index (χ4v) is 6.20. The van der Waals surface area contributed by atoms with Crippen molar-refractivity contribution in [3.8, 4) is 0 Å². The van der Waals surface area contributed by atoms with Crippen molar-refractivity contribution in [3.63, 3.8) is 0 Å². The average molecular weight is 466 g/mol. The van der Waals surface area contributed by atoms with E-state index in [1.807, 2.05) is 23.9 Å². The lowest BCUT2D eigenvalue weighted by atomic mass is 10.1. The van der Waals surface area contributed by atoms with E-state index in [0.29, 0.717) is 19.1 Å². The molecule has 0 radical (unpaired) electrons. The minimum atomic E-state index is -2.44. The van der Waals surface area contributed by atoms with E-state index in [9.17, 15) is 13.6 Å². The van der Waals surface area contributed by atoms with E-state index in [2.05, 4.69) is 21.2 Å². The zero-order valence-electron chi connectivity index (χ0n) is 19.1. The van der Waals surface area contributed by atoms with E-state index in [-0.39, 0.29) is 18.7 Å². The molecule has 178 valence electrons. The highest BCUT2D eigenvalue weighted by molar-refractivity contribution is 7.99. The molecule has 32 heavy (non-hydrogen) atoms. The molecule has 0 bridgehead atoms. The van der Waals surface area contributed by atoms with Gasteiger partial charge in [-0.05, 0) is 62.2 Å². The summed E-state index contributed by atoms with van der Waals surface area (Å²) < 4.78 is 26.4. The van der Waals surface area contributed by atoms with Crippen LogP contribution in [0, 0.1) is 0 Å². The van der Waals surface area contributed by atoms with Crippen LogP contribution in [0.25, 0.3) is 0 Å². The second-order valence-corrected chi connectivity index (χ2v) is 10.7. The van der Waals surface area contributed by atoms with Crippen LogP contribution in [0.3, 0.4) is 0 Å². The highest BCUT2D eigenvalue weighted by Gasteiger charge is 2.35. The van der Waals surface area contributed by atoms with Crippen molar-refractivity contribution in [1.82, 2.24) is 15.1 Å². The number of benzene rings is 1. The molecule has 0 aromatic heterocycles. The lowest BCUT2D eigenvalue weighted by molar-refractivity contribution is -0.0552. The van der Waals surface area contributed by atoms with Gasteiger partial charge in [-0.3, -0.25) is 4.79 Å². The highest BCUT2D eigenvalue weighted by Crippen LogP contribution is 2.34. The number of nitrogens with one attached hydrogen (secondary N) is 1. The lowest BCUT2D eigenvalue weighted by Gasteiger charge is -2.31. The summed E-state index contributed by atoms with van der Waals surface area (Å²) in [5.74, 6) is -1.16. The first-order valence-corrected chi connectivity index (χ1v) is 13.4. The molecule has 1 amide bonds. The number of carbonyl (C=O) groups is 1. The molecule has 1 unspecified atom stereocenters. The molecule has 3 heterocycles. The van der Waals surface area contributed by atoms with Crippen LogP contribution in [0.15, 0.2) is 23.1 Å². The molecule has 3 aliphatic rings. The number of hydrogen-bond acceptors (Lipinski definition) is 4. The number of amides is 1. The van der Waals surface area contributed by atoms with Crippen LogP contribution in [-0.4, -0.2) is 66.1 Å². The third kappa shape index (κ3) is 6.23. The summed E-state index contributed by atoms with van der Waals surface area (Å²) >= 11 is 1.89. The van der Waals surface area contributed by atoms with Crippen molar-refractivity contribution in [2.75, 3.05) is 38.5 Å². The van der Waals surface area contributed by atoms with Crippen molar-refractivity contribution in [2.24, 2.45) is 0 Å². The molecule has 2 fully saturated rings. The van der Waals surface area contributed by atoms with Gasteiger partial charge in [0, 0.05) is 55.5 Å². The van der Waals surface area contributed by atoms with Crippen molar-refractivity contribution in [2.45, 2.75) is 81.2 Å². The Labute approximate surface area is 195 Å². The second-order valence-electron chi connectivity index (χ2n) is 9.53. The Morgan fingerprint density at radius 1 is 1.09 bits per heavy atom. The number of hydrogen-bond donors (Lipinski definition) is 1. The molecule has 4 rings (SSSR count). The SMILES string of the molecule is O=C1c2cccc(SCCCCCCCN3CCC(F)(F)CC3)c2CN1C1CCCNC1. The third-order valence-corrected chi connectivity index (χ3v) is 8.31. The Kier molecular flexibility index (Phi) is 8.46. The first-order chi connectivity index (χ1) is 15.5. The van der Waals surface area contributed by atoms with Crippen LogP contribution in [0.1, 0.15) is 73.7 Å². The monoisotopic (exact) mass is 465 g/mol. The van der Waals surface area contributed by atoms with Crippen molar-refractivity contribution in [3.05, 3.63) is 29.3 Å². The average Bonchev–Trinajstić information content (AvgIpc) is 3.14. The minimum Gasteiger partial charge on any atom is -0.330 e. The fourth-order valence-electron chi connectivity index (χ4n) is 5.11. The normalized spacial score (nSPS) is 23.5. The van der Waals surface area contributed by atoms with Gasteiger partial charge in [0.05, 0.1) is 0 Å². The lowest BCUT2D eigenvalue weighted by Crippen LogP contribution is -2.46. The maximum atomic E-state index is 13.2. The number of carbonyl (C=O) groups excluding carboxylic acids is 1. The zero-order chi connectivity index (χ0) is 22.4. The number of thioether (sulfide) groups is 1. The van der Waals surface area contributed by atoms with E-state index >= 15 is 0 Å². The first kappa shape index (κ1) is 24.0. The largest absolute Gasteiger partial charge is 0.330 e. The number of nitrogens with zero attached hydrogens (tertiary/aromatic N) is 2. The molecule has 1 N–H and O–H groups in total. The molecule has 4 nitrogen and oxygen atoms in total.